The van der Waals surface area contributed by atoms with Gasteiger partial charge in [0.2, 0.25) is 0 Å². The second-order valence-corrected chi connectivity index (χ2v) is 6.02. The van der Waals surface area contributed by atoms with E-state index in [9.17, 15) is 20.0 Å². The van der Waals surface area contributed by atoms with Gasteiger partial charge in [0.05, 0.1) is 10.6 Å². The van der Waals surface area contributed by atoms with Crippen molar-refractivity contribution in [1.82, 2.24) is 5.32 Å². The molecule has 0 saturated carbocycles. The van der Waals surface area contributed by atoms with Crippen molar-refractivity contribution in [3.63, 3.8) is 0 Å². The largest absolute Gasteiger partial charge is 0.868 e. The SMILES string of the molecule is CCc1cccc(N2C(=O)/C(=C\c3ccc([O-])c([N+](=O)[O-])c3)NC2=S)c1. The molecule has 2 aromatic carbocycles. The summed E-state index contributed by atoms with van der Waals surface area (Å²) in [6.07, 6.45) is 2.26. The van der Waals surface area contributed by atoms with Crippen LogP contribution in [0.25, 0.3) is 6.08 Å². The Hall–Kier alpha value is -3.26. The first kappa shape index (κ1) is 17.6. The maximum atomic E-state index is 12.7. The normalized spacial score (nSPS) is 15.4. The highest BCUT2D eigenvalue weighted by molar-refractivity contribution is 7.80. The summed E-state index contributed by atoms with van der Waals surface area (Å²) in [7, 11) is 0. The minimum Gasteiger partial charge on any atom is -0.868 e. The van der Waals surface area contributed by atoms with Crippen molar-refractivity contribution in [3.05, 3.63) is 69.4 Å². The Bertz CT molecular complexity index is 955. The average molecular weight is 368 g/mol. The molecule has 1 fully saturated rings. The molecule has 1 amide bonds. The zero-order valence-corrected chi connectivity index (χ0v) is 14.6. The van der Waals surface area contributed by atoms with E-state index in [1.165, 1.54) is 17.0 Å². The number of nitro groups is 1. The smallest absolute Gasteiger partial charge is 0.281 e. The lowest BCUT2D eigenvalue weighted by molar-refractivity contribution is -0.398. The zero-order chi connectivity index (χ0) is 18.8. The molecule has 3 rings (SSSR count). The van der Waals surface area contributed by atoms with Gasteiger partial charge in [-0.15, -0.1) is 0 Å². The van der Waals surface area contributed by atoms with Crippen molar-refractivity contribution in [2.45, 2.75) is 13.3 Å². The number of nitro benzene ring substituents is 1. The van der Waals surface area contributed by atoms with Crippen molar-refractivity contribution in [1.29, 1.82) is 0 Å². The summed E-state index contributed by atoms with van der Waals surface area (Å²) >= 11 is 5.26. The number of carbonyl (C=O) groups is 1. The van der Waals surface area contributed by atoms with Crippen molar-refractivity contribution < 1.29 is 14.8 Å². The number of benzene rings is 2. The molecule has 1 N–H and O–H groups in total. The van der Waals surface area contributed by atoms with Gasteiger partial charge >= 0.3 is 0 Å². The van der Waals surface area contributed by atoms with Gasteiger partial charge in [-0.1, -0.05) is 31.2 Å². The van der Waals surface area contributed by atoms with E-state index in [4.69, 9.17) is 12.2 Å². The number of rotatable bonds is 4. The fourth-order valence-corrected chi connectivity index (χ4v) is 2.92. The molecule has 0 aromatic heterocycles. The van der Waals surface area contributed by atoms with E-state index >= 15 is 0 Å². The van der Waals surface area contributed by atoms with Gasteiger partial charge in [-0.05, 0) is 53.7 Å². The molecule has 1 heterocycles. The number of nitrogens with one attached hydrogen (secondary N) is 1. The molecule has 0 atom stereocenters. The van der Waals surface area contributed by atoms with Crippen LogP contribution in [0.2, 0.25) is 0 Å². The van der Waals surface area contributed by atoms with E-state index in [0.717, 1.165) is 24.1 Å². The van der Waals surface area contributed by atoms with Crippen LogP contribution in [0.4, 0.5) is 11.4 Å². The van der Waals surface area contributed by atoms with Crippen LogP contribution in [0.15, 0.2) is 48.2 Å². The highest BCUT2D eigenvalue weighted by atomic mass is 32.1. The third-order valence-corrected chi connectivity index (χ3v) is 4.23. The Morgan fingerprint density at radius 3 is 2.73 bits per heavy atom. The first-order valence-electron chi connectivity index (χ1n) is 7.82. The van der Waals surface area contributed by atoms with Gasteiger partial charge in [0, 0.05) is 6.07 Å². The minimum atomic E-state index is -0.749. The minimum absolute atomic E-state index is 0.185. The Labute approximate surface area is 154 Å². The monoisotopic (exact) mass is 368 g/mol. The predicted molar refractivity (Wildman–Crippen MR) is 99.6 cm³/mol. The molecule has 132 valence electrons. The fourth-order valence-electron chi connectivity index (χ4n) is 2.62. The molecule has 0 aliphatic carbocycles. The second-order valence-electron chi connectivity index (χ2n) is 5.64. The van der Waals surface area contributed by atoms with Crippen LogP contribution in [-0.2, 0) is 11.2 Å². The molecule has 8 heteroatoms. The van der Waals surface area contributed by atoms with Crippen molar-refractivity contribution in [2.24, 2.45) is 0 Å². The summed E-state index contributed by atoms with van der Waals surface area (Å²) in [5.41, 5.74) is 1.72. The quantitative estimate of drug-likeness (QED) is 0.385. The maximum Gasteiger partial charge on any atom is 0.281 e. The number of hydrogen-bond acceptors (Lipinski definition) is 5. The Morgan fingerprint density at radius 1 is 1.27 bits per heavy atom. The molecule has 7 nitrogen and oxygen atoms in total. The first-order chi connectivity index (χ1) is 12.4. The van der Waals surface area contributed by atoms with E-state index in [0.29, 0.717) is 11.3 Å². The highest BCUT2D eigenvalue weighted by Crippen LogP contribution is 2.27. The molecule has 26 heavy (non-hydrogen) atoms. The van der Waals surface area contributed by atoms with Crippen LogP contribution in [0.1, 0.15) is 18.1 Å². The number of thiocarbonyl (C=S) groups is 1. The summed E-state index contributed by atoms with van der Waals surface area (Å²) in [5, 5.41) is 25.4. The molecule has 1 aliphatic rings. The zero-order valence-electron chi connectivity index (χ0n) is 13.8. The van der Waals surface area contributed by atoms with Crippen LogP contribution >= 0.6 is 12.2 Å². The Kier molecular flexibility index (Phi) is 4.68. The van der Waals surface area contributed by atoms with E-state index in [1.807, 2.05) is 25.1 Å². The number of nitrogens with zero attached hydrogens (tertiary/aromatic N) is 2. The lowest BCUT2D eigenvalue weighted by Crippen LogP contribution is -2.30. The molecular weight excluding hydrogens is 354 g/mol. The van der Waals surface area contributed by atoms with Crippen LogP contribution in [0.5, 0.6) is 5.75 Å². The van der Waals surface area contributed by atoms with Crippen molar-refractivity contribution >= 4 is 40.7 Å². The number of anilines is 1. The average Bonchev–Trinajstić information content (AvgIpc) is 2.90. The number of hydrogen-bond donors (Lipinski definition) is 1. The number of amides is 1. The van der Waals surface area contributed by atoms with Gasteiger partial charge in [-0.25, -0.2) is 0 Å². The third kappa shape index (κ3) is 3.27. The second kappa shape index (κ2) is 6.93. The van der Waals surface area contributed by atoms with Gasteiger partial charge in [-0.2, -0.15) is 0 Å². The number of aryl methyl sites for hydroxylation is 1. The van der Waals surface area contributed by atoms with E-state index in [-0.39, 0.29) is 16.7 Å². The number of carbonyl (C=O) groups excluding carboxylic acids is 1. The molecule has 1 saturated heterocycles. The fraction of sp³-hybridized carbons (Fsp3) is 0.111. The van der Waals surface area contributed by atoms with Crippen LogP contribution < -0.4 is 15.3 Å². The first-order valence-corrected chi connectivity index (χ1v) is 8.23. The molecule has 0 bridgehead atoms. The van der Waals surface area contributed by atoms with Crippen molar-refractivity contribution in [3.8, 4) is 5.75 Å². The summed E-state index contributed by atoms with van der Waals surface area (Å²) < 4.78 is 0. The van der Waals surface area contributed by atoms with Crippen LogP contribution in [-0.4, -0.2) is 15.9 Å². The summed E-state index contributed by atoms with van der Waals surface area (Å²) in [6, 6.07) is 11.1. The molecular formula is C18H14N3O4S-. The standard InChI is InChI=1S/C18H15N3O4S/c1-2-11-4-3-5-13(8-11)20-17(23)14(19-18(20)26)9-12-6-7-16(22)15(10-12)21(24)25/h3-10,22H,2H2,1H3,(H,19,26)/p-1/b14-9+. The maximum absolute atomic E-state index is 12.7. The van der Waals surface area contributed by atoms with Crippen LogP contribution in [0, 0.1) is 10.1 Å². The van der Waals surface area contributed by atoms with Gasteiger partial charge in [0.25, 0.3) is 11.6 Å². The van der Waals surface area contributed by atoms with Crippen molar-refractivity contribution in [2.75, 3.05) is 4.90 Å². The third-order valence-electron chi connectivity index (χ3n) is 3.95. The summed E-state index contributed by atoms with van der Waals surface area (Å²) in [6.45, 7) is 2.01. The Balaban J connectivity index is 1.95. The van der Waals surface area contributed by atoms with Gasteiger partial charge in [0.1, 0.15) is 5.70 Å². The van der Waals surface area contributed by atoms with Gasteiger partial charge in [0.15, 0.2) is 5.11 Å². The van der Waals surface area contributed by atoms with E-state index in [2.05, 4.69) is 5.32 Å². The van der Waals surface area contributed by atoms with Gasteiger partial charge < -0.3 is 10.4 Å². The molecule has 2 aromatic rings. The topological polar surface area (TPSA) is 98.5 Å². The Morgan fingerprint density at radius 2 is 2.04 bits per heavy atom. The van der Waals surface area contributed by atoms with E-state index in [1.54, 1.807) is 6.07 Å². The summed E-state index contributed by atoms with van der Waals surface area (Å²) in [4.78, 5) is 24.2. The lowest BCUT2D eigenvalue weighted by atomic mass is 10.1. The lowest BCUT2D eigenvalue weighted by Gasteiger charge is -2.14. The van der Waals surface area contributed by atoms with E-state index < -0.39 is 16.4 Å². The summed E-state index contributed by atoms with van der Waals surface area (Å²) in [5.74, 6) is -1.05. The molecule has 0 spiro atoms. The molecule has 1 aliphatic heterocycles. The predicted octanol–water partition coefficient (Wildman–Crippen LogP) is 2.49. The molecule has 0 unspecified atom stereocenters. The van der Waals surface area contributed by atoms with Crippen LogP contribution in [0.3, 0.4) is 0 Å². The highest BCUT2D eigenvalue weighted by Gasteiger charge is 2.32. The molecule has 0 radical (unpaired) electrons. The van der Waals surface area contributed by atoms with Gasteiger partial charge in [-0.3, -0.25) is 19.8 Å².